The molecule has 1 fully saturated rings. The number of hydrogen-bond acceptors (Lipinski definition) is 7. The summed E-state index contributed by atoms with van der Waals surface area (Å²) in [6.07, 6.45) is 1.51. The van der Waals surface area contributed by atoms with Crippen LogP contribution in [0, 0.1) is 0 Å². The summed E-state index contributed by atoms with van der Waals surface area (Å²) in [5, 5.41) is 12.1. The highest BCUT2D eigenvalue weighted by atomic mass is 79.9. The first-order valence-electron chi connectivity index (χ1n) is 9.17. The van der Waals surface area contributed by atoms with Crippen molar-refractivity contribution in [2.45, 2.75) is 6.92 Å². The van der Waals surface area contributed by atoms with Crippen LogP contribution in [0.3, 0.4) is 0 Å². The van der Waals surface area contributed by atoms with Crippen LogP contribution < -0.4 is 14.8 Å². The monoisotopic (exact) mass is 506 g/mol. The van der Waals surface area contributed by atoms with E-state index in [9.17, 15) is 19.5 Å². The number of halogens is 1. The van der Waals surface area contributed by atoms with Crippen molar-refractivity contribution in [1.82, 2.24) is 4.90 Å². The molecular formula is C21H19BrN2O6S. The Kier molecular flexibility index (Phi) is 7.24. The van der Waals surface area contributed by atoms with Gasteiger partial charge in [0, 0.05) is 5.69 Å². The highest BCUT2D eigenvalue weighted by molar-refractivity contribution is 9.10. The van der Waals surface area contributed by atoms with Crippen molar-refractivity contribution in [2.24, 2.45) is 0 Å². The van der Waals surface area contributed by atoms with Crippen LogP contribution in [0.25, 0.3) is 6.08 Å². The minimum absolute atomic E-state index is 0.0534. The van der Waals surface area contributed by atoms with E-state index in [2.05, 4.69) is 21.2 Å². The number of nitrogens with one attached hydrogen (secondary N) is 1. The second-order valence-electron chi connectivity index (χ2n) is 6.33. The summed E-state index contributed by atoms with van der Waals surface area (Å²) in [7, 11) is 1.54. The van der Waals surface area contributed by atoms with Crippen LogP contribution in [0.2, 0.25) is 0 Å². The van der Waals surface area contributed by atoms with Gasteiger partial charge in [0.25, 0.3) is 11.1 Å². The number of nitrogens with zero attached hydrogens (tertiary/aromatic N) is 1. The SMILES string of the molecule is CCOc1cc(/C=C2/SC(=O)N(CC(=O)Nc3ccc(OC)cc3)C2=O)cc(Br)c1O. The van der Waals surface area contributed by atoms with E-state index in [0.717, 1.165) is 16.7 Å². The lowest BCUT2D eigenvalue weighted by Gasteiger charge is -2.12. The molecule has 0 atom stereocenters. The van der Waals surface area contributed by atoms with Gasteiger partial charge in [0.2, 0.25) is 5.91 Å². The molecule has 8 nitrogen and oxygen atoms in total. The molecule has 0 spiro atoms. The molecule has 0 unspecified atom stereocenters. The maximum Gasteiger partial charge on any atom is 0.294 e. The molecule has 31 heavy (non-hydrogen) atoms. The van der Waals surface area contributed by atoms with Gasteiger partial charge < -0.3 is 19.9 Å². The number of phenolic OH excluding ortho intramolecular Hbond substituents is 1. The standard InChI is InChI=1S/C21H19BrN2O6S/c1-3-30-16-9-12(8-15(22)19(16)26)10-17-20(27)24(21(28)31-17)11-18(25)23-13-4-6-14(29-2)7-5-13/h4-10,26H,3,11H2,1-2H3,(H,23,25)/b17-10+. The summed E-state index contributed by atoms with van der Waals surface area (Å²) >= 11 is 3.98. The molecule has 1 saturated heterocycles. The Morgan fingerprint density at radius 2 is 1.97 bits per heavy atom. The zero-order chi connectivity index (χ0) is 22.5. The van der Waals surface area contributed by atoms with Crippen LogP contribution >= 0.6 is 27.7 Å². The van der Waals surface area contributed by atoms with Gasteiger partial charge in [0.1, 0.15) is 12.3 Å². The van der Waals surface area contributed by atoms with Gasteiger partial charge in [-0.1, -0.05) is 0 Å². The van der Waals surface area contributed by atoms with Crippen LogP contribution in [0.1, 0.15) is 12.5 Å². The second-order valence-corrected chi connectivity index (χ2v) is 8.17. The molecule has 162 valence electrons. The van der Waals surface area contributed by atoms with Gasteiger partial charge in [-0.15, -0.1) is 0 Å². The number of rotatable bonds is 7. The number of carbonyl (C=O) groups excluding carboxylic acids is 3. The topological polar surface area (TPSA) is 105 Å². The number of methoxy groups -OCH3 is 1. The van der Waals surface area contributed by atoms with Crippen molar-refractivity contribution in [1.29, 1.82) is 0 Å². The van der Waals surface area contributed by atoms with Crippen LogP contribution in [0.15, 0.2) is 45.8 Å². The van der Waals surface area contributed by atoms with Gasteiger partial charge >= 0.3 is 0 Å². The number of amides is 3. The van der Waals surface area contributed by atoms with E-state index in [1.54, 1.807) is 43.3 Å². The van der Waals surface area contributed by atoms with E-state index in [-0.39, 0.29) is 16.4 Å². The van der Waals surface area contributed by atoms with Gasteiger partial charge in [-0.05, 0) is 82.7 Å². The summed E-state index contributed by atoms with van der Waals surface area (Å²) in [6.45, 7) is 1.73. The Labute approximate surface area is 191 Å². The number of anilines is 1. The lowest BCUT2D eigenvalue weighted by Crippen LogP contribution is -2.36. The Morgan fingerprint density at radius 3 is 2.61 bits per heavy atom. The van der Waals surface area contributed by atoms with Crippen molar-refractivity contribution in [3.8, 4) is 17.2 Å². The van der Waals surface area contributed by atoms with Crippen molar-refractivity contribution in [3.05, 3.63) is 51.3 Å². The molecule has 0 aliphatic carbocycles. The highest BCUT2D eigenvalue weighted by Crippen LogP contribution is 2.38. The Balaban J connectivity index is 1.72. The molecule has 2 N–H and O–H groups in total. The van der Waals surface area contributed by atoms with Gasteiger partial charge in [-0.2, -0.15) is 0 Å². The predicted octanol–water partition coefficient (Wildman–Crippen LogP) is 4.24. The van der Waals surface area contributed by atoms with E-state index in [1.165, 1.54) is 13.2 Å². The van der Waals surface area contributed by atoms with Crippen molar-refractivity contribution in [2.75, 3.05) is 25.6 Å². The normalized spacial score (nSPS) is 14.8. The zero-order valence-electron chi connectivity index (χ0n) is 16.7. The molecule has 1 aliphatic rings. The first kappa shape index (κ1) is 22.7. The maximum atomic E-state index is 12.7. The summed E-state index contributed by atoms with van der Waals surface area (Å²) in [5.74, 6) is -0.229. The number of aromatic hydroxyl groups is 1. The minimum atomic E-state index is -0.568. The lowest BCUT2D eigenvalue weighted by atomic mass is 10.2. The average Bonchev–Trinajstić information content (AvgIpc) is 2.99. The first-order valence-corrected chi connectivity index (χ1v) is 10.8. The third-order valence-electron chi connectivity index (χ3n) is 4.20. The minimum Gasteiger partial charge on any atom is -0.503 e. The van der Waals surface area contributed by atoms with Crippen LogP contribution in [0.4, 0.5) is 10.5 Å². The molecule has 1 heterocycles. The largest absolute Gasteiger partial charge is 0.503 e. The van der Waals surface area contributed by atoms with E-state index in [4.69, 9.17) is 9.47 Å². The summed E-state index contributed by atoms with van der Waals surface area (Å²) in [6, 6.07) is 9.85. The Morgan fingerprint density at radius 1 is 1.26 bits per heavy atom. The van der Waals surface area contributed by atoms with Crippen LogP contribution in [-0.4, -0.2) is 47.3 Å². The van der Waals surface area contributed by atoms with Gasteiger partial charge in [-0.25, -0.2) is 0 Å². The molecule has 3 amide bonds. The zero-order valence-corrected chi connectivity index (χ0v) is 19.1. The third-order valence-corrected chi connectivity index (χ3v) is 5.71. The average molecular weight is 507 g/mol. The Bertz CT molecular complexity index is 1050. The molecule has 10 heteroatoms. The summed E-state index contributed by atoms with van der Waals surface area (Å²) < 4.78 is 10.8. The van der Waals surface area contributed by atoms with E-state index >= 15 is 0 Å². The highest BCUT2D eigenvalue weighted by Gasteiger charge is 2.36. The van der Waals surface area contributed by atoms with E-state index in [1.807, 2.05) is 0 Å². The maximum absolute atomic E-state index is 12.7. The first-order chi connectivity index (χ1) is 14.8. The lowest BCUT2D eigenvalue weighted by molar-refractivity contribution is -0.127. The van der Waals surface area contributed by atoms with Crippen LogP contribution in [-0.2, 0) is 9.59 Å². The number of carbonyl (C=O) groups is 3. The summed E-state index contributed by atoms with van der Waals surface area (Å²) in [4.78, 5) is 38.3. The molecule has 0 radical (unpaired) electrons. The Hall–Kier alpha value is -2.98. The molecule has 2 aromatic rings. The van der Waals surface area contributed by atoms with E-state index in [0.29, 0.717) is 28.1 Å². The van der Waals surface area contributed by atoms with Gasteiger partial charge in [0.15, 0.2) is 11.5 Å². The van der Waals surface area contributed by atoms with Gasteiger partial charge in [-0.3, -0.25) is 19.3 Å². The summed E-state index contributed by atoms with van der Waals surface area (Å²) in [5.41, 5.74) is 1.08. The third kappa shape index (κ3) is 5.39. The fraction of sp³-hybridized carbons (Fsp3) is 0.190. The number of imide groups is 1. The van der Waals surface area contributed by atoms with Crippen LogP contribution in [0.5, 0.6) is 17.2 Å². The fourth-order valence-corrected chi connectivity index (χ4v) is 4.05. The molecule has 0 saturated carbocycles. The number of hydrogen-bond donors (Lipinski definition) is 2. The molecular weight excluding hydrogens is 488 g/mol. The number of benzene rings is 2. The number of thioether (sulfide) groups is 1. The molecule has 3 rings (SSSR count). The quantitative estimate of drug-likeness (QED) is 0.541. The van der Waals surface area contributed by atoms with Crippen molar-refractivity contribution < 1.29 is 29.0 Å². The molecule has 1 aliphatic heterocycles. The number of phenols is 1. The van der Waals surface area contributed by atoms with Crippen molar-refractivity contribution >= 4 is 56.5 Å². The molecule has 0 bridgehead atoms. The fourth-order valence-electron chi connectivity index (χ4n) is 2.75. The molecule has 0 aromatic heterocycles. The van der Waals surface area contributed by atoms with Gasteiger partial charge in [0.05, 0.1) is 23.1 Å². The smallest absolute Gasteiger partial charge is 0.294 e. The predicted molar refractivity (Wildman–Crippen MR) is 121 cm³/mol. The second kappa shape index (κ2) is 9.88. The molecule has 2 aromatic carbocycles. The van der Waals surface area contributed by atoms with Crippen molar-refractivity contribution in [3.63, 3.8) is 0 Å². The van der Waals surface area contributed by atoms with E-state index < -0.39 is 23.6 Å². The number of ether oxygens (including phenoxy) is 2.